The summed E-state index contributed by atoms with van der Waals surface area (Å²) in [5, 5.41) is 12.8. The summed E-state index contributed by atoms with van der Waals surface area (Å²) >= 11 is 0. The van der Waals surface area contributed by atoms with E-state index in [0.717, 1.165) is 24.3 Å². The molecule has 0 aliphatic rings. The van der Waals surface area contributed by atoms with Gasteiger partial charge in [0, 0.05) is 23.5 Å². The van der Waals surface area contributed by atoms with E-state index in [1.807, 2.05) is 0 Å². The molecule has 0 atom stereocenters. The first kappa shape index (κ1) is 15.7. The van der Waals surface area contributed by atoms with Gasteiger partial charge in [0.25, 0.3) is 0 Å². The number of halogens is 4. The Bertz CT molecular complexity index is 819. The Kier molecular flexibility index (Phi) is 4.23. The maximum atomic E-state index is 13.2. The van der Waals surface area contributed by atoms with Crippen LogP contribution in [0.1, 0.15) is 0 Å². The minimum Gasteiger partial charge on any atom is -0.339 e. The summed E-state index contributed by atoms with van der Waals surface area (Å²) in [7, 11) is 0. The predicted octanol–water partition coefficient (Wildman–Crippen LogP) is 3.92. The van der Waals surface area contributed by atoms with Gasteiger partial charge in [0.2, 0.25) is 5.95 Å². The first-order valence-corrected chi connectivity index (χ1v) is 6.65. The van der Waals surface area contributed by atoms with Crippen LogP contribution in [-0.4, -0.2) is 15.2 Å². The molecule has 2 aromatic carbocycles. The molecule has 3 rings (SSSR count). The second-order valence-electron chi connectivity index (χ2n) is 4.67. The first-order valence-electron chi connectivity index (χ1n) is 6.65. The van der Waals surface area contributed by atoms with Crippen LogP contribution in [0.5, 0.6) is 0 Å². The van der Waals surface area contributed by atoms with Crippen molar-refractivity contribution in [2.24, 2.45) is 0 Å². The Labute approximate surface area is 133 Å². The molecule has 2 N–H and O–H groups in total. The third-order valence-electron chi connectivity index (χ3n) is 2.93. The molecule has 0 unspecified atom stereocenters. The first-order chi connectivity index (χ1) is 11.5. The number of hydrogen-bond acceptors (Lipinski definition) is 5. The molecule has 0 bridgehead atoms. The second-order valence-corrected chi connectivity index (χ2v) is 4.67. The summed E-state index contributed by atoms with van der Waals surface area (Å²) in [6.45, 7) is 0. The van der Waals surface area contributed by atoms with Crippen LogP contribution >= 0.6 is 0 Å². The van der Waals surface area contributed by atoms with Crippen LogP contribution in [0.15, 0.2) is 42.6 Å². The van der Waals surface area contributed by atoms with Crippen molar-refractivity contribution < 1.29 is 17.6 Å². The number of hydrogen-bond donors (Lipinski definition) is 2. The van der Waals surface area contributed by atoms with Gasteiger partial charge in [-0.1, -0.05) is 0 Å². The second kappa shape index (κ2) is 6.49. The molecule has 0 spiro atoms. The topological polar surface area (TPSA) is 62.7 Å². The van der Waals surface area contributed by atoms with E-state index in [0.29, 0.717) is 0 Å². The van der Waals surface area contributed by atoms with Gasteiger partial charge >= 0.3 is 0 Å². The molecule has 0 aliphatic carbocycles. The van der Waals surface area contributed by atoms with Crippen LogP contribution in [0.25, 0.3) is 0 Å². The minimum absolute atomic E-state index is 0.00796. The third-order valence-corrected chi connectivity index (χ3v) is 2.93. The van der Waals surface area contributed by atoms with Crippen LogP contribution in [0, 0.1) is 23.3 Å². The zero-order valence-electron chi connectivity index (χ0n) is 11.9. The van der Waals surface area contributed by atoms with Gasteiger partial charge in [-0.05, 0) is 24.3 Å². The number of aromatic nitrogens is 3. The van der Waals surface area contributed by atoms with E-state index >= 15 is 0 Å². The maximum absolute atomic E-state index is 13.2. The molecule has 0 saturated carbocycles. The van der Waals surface area contributed by atoms with Crippen LogP contribution < -0.4 is 10.6 Å². The van der Waals surface area contributed by atoms with Crippen LogP contribution in [0.2, 0.25) is 0 Å². The van der Waals surface area contributed by atoms with Crippen molar-refractivity contribution >= 4 is 23.1 Å². The van der Waals surface area contributed by atoms with Gasteiger partial charge in [-0.3, -0.25) is 0 Å². The Hall–Kier alpha value is -3.23. The molecule has 0 radical (unpaired) electrons. The van der Waals surface area contributed by atoms with E-state index < -0.39 is 23.3 Å². The fourth-order valence-corrected chi connectivity index (χ4v) is 1.84. The highest BCUT2D eigenvalue weighted by atomic mass is 19.2. The zero-order chi connectivity index (χ0) is 17.1. The summed E-state index contributed by atoms with van der Waals surface area (Å²) in [6.07, 6.45) is 1.26. The minimum atomic E-state index is -1.02. The number of nitrogens with zero attached hydrogens (tertiary/aromatic N) is 3. The molecule has 1 heterocycles. The summed E-state index contributed by atoms with van der Waals surface area (Å²) in [4.78, 5) is 4.04. The lowest BCUT2D eigenvalue weighted by Crippen LogP contribution is -2.03. The SMILES string of the molecule is Fc1ccc(Nc2cnnc(Nc3ccc(F)c(F)c3)n2)cc1F. The van der Waals surface area contributed by atoms with Gasteiger partial charge in [0.15, 0.2) is 29.1 Å². The van der Waals surface area contributed by atoms with Gasteiger partial charge in [-0.25, -0.2) is 17.6 Å². The Morgan fingerprint density at radius 1 is 0.708 bits per heavy atom. The van der Waals surface area contributed by atoms with Gasteiger partial charge in [0.05, 0.1) is 6.20 Å². The molecule has 0 fully saturated rings. The van der Waals surface area contributed by atoms with Crippen molar-refractivity contribution in [3.63, 3.8) is 0 Å². The van der Waals surface area contributed by atoms with E-state index in [1.165, 1.54) is 18.3 Å². The predicted molar refractivity (Wildman–Crippen MR) is 79.1 cm³/mol. The molecular formula is C15H9F4N5. The highest BCUT2D eigenvalue weighted by Gasteiger charge is 2.07. The molecule has 1 aromatic heterocycles. The molecule has 9 heteroatoms. The molecule has 5 nitrogen and oxygen atoms in total. The number of benzene rings is 2. The molecule has 0 amide bonds. The van der Waals surface area contributed by atoms with E-state index in [9.17, 15) is 17.6 Å². The third kappa shape index (κ3) is 3.57. The van der Waals surface area contributed by atoms with Crippen molar-refractivity contribution in [2.75, 3.05) is 10.6 Å². The molecule has 0 aliphatic heterocycles. The van der Waals surface area contributed by atoms with E-state index in [1.54, 1.807) is 0 Å². The largest absolute Gasteiger partial charge is 0.339 e. The summed E-state index contributed by atoms with van der Waals surface area (Å²) in [6, 6.07) is 6.44. The highest BCUT2D eigenvalue weighted by molar-refractivity contribution is 5.58. The average Bonchev–Trinajstić information content (AvgIpc) is 2.55. The van der Waals surface area contributed by atoms with E-state index in [4.69, 9.17) is 0 Å². The van der Waals surface area contributed by atoms with Crippen molar-refractivity contribution in [1.29, 1.82) is 0 Å². The summed E-state index contributed by atoms with van der Waals surface area (Å²) < 4.78 is 52.1. The lowest BCUT2D eigenvalue weighted by Gasteiger charge is -2.08. The number of nitrogens with one attached hydrogen (secondary N) is 2. The smallest absolute Gasteiger partial charge is 0.249 e. The van der Waals surface area contributed by atoms with E-state index in [2.05, 4.69) is 25.8 Å². The average molecular weight is 335 g/mol. The molecular weight excluding hydrogens is 326 g/mol. The van der Waals surface area contributed by atoms with Crippen LogP contribution in [-0.2, 0) is 0 Å². The Morgan fingerprint density at radius 3 is 1.88 bits per heavy atom. The number of anilines is 4. The monoisotopic (exact) mass is 335 g/mol. The molecule has 0 saturated heterocycles. The van der Waals surface area contributed by atoms with Crippen LogP contribution in [0.3, 0.4) is 0 Å². The molecule has 3 aromatic rings. The van der Waals surface area contributed by atoms with Crippen molar-refractivity contribution in [3.8, 4) is 0 Å². The van der Waals surface area contributed by atoms with E-state index in [-0.39, 0.29) is 23.1 Å². The summed E-state index contributed by atoms with van der Waals surface area (Å²) in [5.74, 6) is -3.78. The summed E-state index contributed by atoms with van der Waals surface area (Å²) in [5.41, 5.74) is 0.480. The van der Waals surface area contributed by atoms with Gasteiger partial charge in [0.1, 0.15) is 0 Å². The lowest BCUT2D eigenvalue weighted by atomic mass is 10.3. The van der Waals surface area contributed by atoms with Crippen molar-refractivity contribution in [3.05, 3.63) is 65.9 Å². The van der Waals surface area contributed by atoms with Gasteiger partial charge in [-0.2, -0.15) is 10.1 Å². The quantitative estimate of drug-likeness (QED) is 0.708. The Morgan fingerprint density at radius 2 is 1.29 bits per heavy atom. The number of rotatable bonds is 4. The standard InChI is InChI=1S/C15H9F4N5/c16-10-3-1-8(5-12(10)18)21-14-7-20-24-15(23-14)22-9-2-4-11(17)13(19)6-9/h1-7H,(H2,21,22,23,24). The lowest BCUT2D eigenvalue weighted by molar-refractivity contribution is 0.509. The fraction of sp³-hybridized carbons (Fsp3) is 0. The fourth-order valence-electron chi connectivity index (χ4n) is 1.84. The normalized spacial score (nSPS) is 10.5. The molecule has 122 valence electrons. The highest BCUT2D eigenvalue weighted by Crippen LogP contribution is 2.19. The Balaban J connectivity index is 1.78. The van der Waals surface area contributed by atoms with Crippen molar-refractivity contribution in [2.45, 2.75) is 0 Å². The van der Waals surface area contributed by atoms with Gasteiger partial charge in [-0.15, -0.1) is 5.10 Å². The van der Waals surface area contributed by atoms with Crippen molar-refractivity contribution in [1.82, 2.24) is 15.2 Å². The molecule has 24 heavy (non-hydrogen) atoms. The van der Waals surface area contributed by atoms with Gasteiger partial charge < -0.3 is 10.6 Å². The maximum Gasteiger partial charge on any atom is 0.249 e. The zero-order valence-corrected chi connectivity index (χ0v) is 11.9. The van der Waals surface area contributed by atoms with Crippen LogP contribution in [0.4, 0.5) is 40.7 Å².